The van der Waals surface area contributed by atoms with Crippen molar-refractivity contribution in [3.05, 3.63) is 71.6 Å². The predicted octanol–water partition coefficient (Wildman–Crippen LogP) is 3.17. The summed E-state index contributed by atoms with van der Waals surface area (Å²) in [6.45, 7) is 0. The molecule has 0 fully saturated rings. The van der Waals surface area contributed by atoms with E-state index in [0.717, 1.165) is 0 Å². The Morgan fingerprint density at radius 3 is 2.57 bits per heavy atom. The smallest absolute Gasteiger partial charge is 0.257 e. The number of halogens is 1. The van der Waals surface area contributed by atoms with Gasteiger partial charge in [-0.1, -0.05) is 11.6 Å². The van der Waals surface area contributed by atoms with Crippen molar-refractivity contribution in [2.45, 2.75) is 0 Å². The highest BCUT2D eigenvalue weighted by molar-refractivity contribution is 6.30. The third-order valence-corrected chi connectivity index (χ3v) is 3.10. The Labute approximate surface area is 126 Å². The summed E-state index contributed by atoms with van der Waals surface area (Å²) < 4.78 is 1.63. The summed E-state index contributed by atoms with van der Waals surface area (Å²) in [6.07, 6.45) is 4.97. The van der Waals surface area contributed by atoms with Crippen LogP contribution in [0.3, 0.4) is 0 Å². The van der Waals surface area contributed by atoms with Gasteiger partial charge in [-0.3, -0.25) is 4.79 Å². The van der Waals surface area contributed by atoms with Gasteiger partial charge in [-0.05, 0) is 42.5 Å². The Kier molecular flexibility index (Phi) is 3.66. The summed E-state index contributed by atoms with van der Waals surface area (Å²) in [5.74, 6) is 0.430. The number of hydrogen-bond donors (Lipinski definition) is 1. The number of carbonyl (C=O) groups excluding carboxylic acids is 1. The van der Waals surface area contributed by atoms with Crippen LogP contribution in [0.4, 0.5) is 5.69 Å². The van der Waals surface area contributed by atoms with E-state index in [1.54, 1.807) is 53.5 Å². The van der Waals surface area contributed by atoms with Crippen LogP contribution >= 0.6 is 11.6 Å². The zero-order valence-electron chi connectivity index (χ0n) is 10.9. The van der Waals surface area contributed by atoms with E-state index in [1.807, 2.05) is 6.07 Å². The fourth-order valence-corrected chi connectivity index (χ4v) is 1.92. The van der Waals surface area contributed by atoms with Gasteiger partial charge in [0.15, 0.2) is 5.82 Å². The first-order valence-electron chi connectivity index (χ1n) is 6.25. The number of aromatic nitrogens is 3. The minimum Gasteiger partial charge on any atom is -0.322 e. The number of hydrogen-bond acceptors (Lipinski definition) is 3. The first-order chi connectivity index (χ1) is 10.2. The number of nitrogens with one attached hydrogen (secondary N) is 1. The molecule has 2 heterocycles. The van der Waals surface area contributed by atoms with Crippen molar-refractivity contribution in [3.63, 3.8) is 0 Å². The number of benzene rings is 1. The molecular weight excluding hydrogens is 288 g/mol. The molecule has 0 bridgehead atoms. The normalized spacial score (nSPS) is 10.3. The molecule has 1 N–H and O–H groups in total. The second kappa shape index (κ2) is 5.76. The molecule has 0 unspecified atom stereocenters. The summed E-state index contributed by atoms with van der Waals surface area (Å²) in [6, 6.07) is 12.2. The van der Waals surface area contributed by atoms with Crippen LogP contribution in [0.5, 0.6) is 0 Å². The van der Waals surface area contributed by atoms with Crippen LogP contribution in [0.15, 0.2) is 61.1 Å². The van der Waals surface area contributed by atoms with Gasteiger partial charge in [-0.25, -0.2) is 9.67 Å². The second-order valence-corrected chi connectivity index (χ2v) is 4.75. The van der Waals surface area contributed by atoms with Gasteiger partial charge in [0.05, 0.1) is 5.56 Å². The highest BCUT2D eigenvalue weighted by Gasteiger charge is 2.07. The molecule has 0 atom stereocenters. The predicted molar refractivity (Wildman–Crippen MR) is 80.8 cm³/mol. The maximum Gasteiger partial charge on any atom is 0.257 e. The quantitative estimate of drug-likeness (QED) is 0.808. The fourth-order valence-electron chi connectivity index (χ4n) is 1.80. The molecule has 3 rings (SSSR count). The monoisotopic (exact) mass is 298 g/mol. The minimum atomic E-state index is -0.225. The third-order valence-electron chi connectivity index (χ3n) is 2.85. The highest BCUT2D eigenvalue weighted by atomic mass is 35.5. The summed E-state index contributed by atoms with van der Waals surface area (Å²) in [5.41, 5.74) is 1.15. The van der Waals surface area contributed by atoms with Gasteiger partial charge in [0.25, 0.3) is 5.91 Å². The van der Waals surface area contributed by atoms with E-state index >= 15 is 0 Å². The first kappa shape index (κ1) is 13.3. The summed E-state index contributed by atoms with van der Waals surface area (Å²) in [4.78, 5) is 16.3. The van der Waals surface area contributed by atoms with E-state index < -0.39 is 0 Å². The lowest BCUT2D eigenvalue weighted by Gasteiger charge is -2.06. The largest absolute Gasteiger partial charge is 0.322 e. The molecule has 0 radical (unpaired) electrons. The number of pyridine rings is 1. The molecule has 5 nitrogen and oxygen atoms in total. The Hall–Kier alpha value is -2.66. The maximum absolute atomic E-state index is 12.1. The van der Waals surface area contributed by atoms with Gasteiger partial charge in [0.1, 0.15) is 0 Å². The van der Waals surface area contributed by atoms with E-state index in [4.69, 9.17) is 11.6 Å². The Bertz CT molecular complexity index is 736. The van der Waals surface area contributed by atoms with Gasteiger partial charge in [0, 0.05) is 29.3 Å². The number of nitrogens with zero attached hydrogens (tertiary/aromatic N) is 3. The molecule has 2 aromatic heterocycles. The zero-order chi connectivity index (χ0) is 14.7. The molecule has 104 valence electrons. The van der Waals surface area contributed by atoms with Crippen molar-refractivity contribution in [1.29, 1.82) is 0 Å². The molecule has 0 aliphatic carbocycles. The Morgan fingerprint density at radius 2 is 1.95 bits per heavy atom. The van der Waals surface area contributed by atoms with Crippen LogP contribution in [0.2, 0.25) is 5.02 Å². The average Bonchev–Trinajstić information content (AvgIpc) is 3.04. The van der Waals surface area contributed by atoms with Gasteiger partial charge < -0.3 is 5.32 Å². The molecule has 6 heteroatoms. The van der Waals surface area contributed by atoms with E-state index in [0.29, 0.717) is 22.1 Å². The lowest BCUT2D eigenvalue weighted by Crippen LogP contribution is -2.12. The third kappa shape index (κ3) is 3.09. The second-order valence-electron chi connectivity index (χ2n) is 4.32. The van der Waals surface area contributed by atoms with E-state index in [1.165, 1.54) is 6.20 Å². The van der Waals surface area contributed by atoms with Crippen LogP contribution in [0.25, 0.3) is 5.82 Å². The van der Waals surface area contributed by atoms with E-state index in [9.17, 15) is 4.79 Å². The molecule has 1 amide bonds. The van der Waals surface area contributed by atoms with Crippen LogP contribution in [-0.4, -0.2) is 20.7 Å². The lowest BCUT2D eigenvalue weighted by molar-refractivity contribution is 0.102. The first-order valence-corrected chi connectivity index (χ1v) is 6.63. The summed E-state index contributed by atoms with van der Waals surface area (Å²) in [7, 11) is 0. The number of anilines is 1. The van der Waals surface area contributed by atoms with Crippen molar-refractivity contribution < 1.29 is 4.79 Å². The average molecular weight is 299 g/mol. The molecule has 1 aromatic carbocycles. The minimum absolute atomic E-state index is 0.225. The number of amides is 1. The molecule has 3 aromatic rings. The topological polar surface area (TPSA) is 59.8 Å². The molecule has 0 saturated carbocycles. The number of carbonyl (C=O) groups is 1. The van der Waals surface area contributed by atoms with Gasteiger partial charge in [-0.2, -0.15) is 5.10 Å². The Balaban J connectivity index is 1.74. The SMILES string of the molecule is O=C(Nc1ccc(Cl)cc1)c1ccc(-n2cccn2)nc1. The molecule has 0 aliphatic heterocycles. The van der Waals surface area contributed by atoms with Gasteiger partial charge in [-0.15, -0.1) is 0 Å². The van der Waals surface area contributed by atoms with Crippen LogP contribution in [0.1, 0.15) is 10.4 Å². The van der Waals surface area contributed by atoms with Crippen LogP contribution < -0.4 is 5.32 Å². The lowest BCUT2D eigenvalue weighted by atomic mass is 10.2. The van der Waals surface area contributed by atoms with Crippen molar-refractivity contribution in [2.24, 2.45) is 0 Å². The standard InChI is InChI=1S/C15H11ClN4O/c16-12-3-5-13(6-4-12)19-15(21)11-2-7-14(17-10-11)20-9-1-8-18-20/h1-10H,(H,19,21). The molecule has 0 spiro atoms. The van der Waals surface area contributed by atoms with E-state index in [-0.39, 0.29) is 5.91 Å². The molecule has 0 aliphatic rings. The van der Waals surface area contributed by atoms with Crippen LogP contribution in [0, 0.1) is 0 Å². The molecule has 0 saturated heterocycles. The maximum atomic E-state index is 12.1. The molecule has 21 heavy (non-hydrogen) atoms. The highest BCUT2D eigenvalue weighted by Crippen LogP contribution is 2.14. The summed E-state index contributed by atoms with van der Waals surface area (Å²) in [5, 5.41) is 7.48. The van der Waals surface area contributed by atoms with Crippen molar-refractivity contribution in [3.8, 4) is 5.82 Å². The summed E-state index contributed by atoms with van der Waals surface area (Å²) >= 11 is 5.80. The van der Waals surface area contributed by atoms with E-state index in [2.05, 4.69) is 15.4 Å². The number of rotatable bonds is 3. The van der Waals surface area contributed by atoms with Crippen LogP contribution in [-0.2, 0) is 0 Å². The fraction of sp³-hybridized carbons (Fsp3) is 0. The van der Waals surface area contributed by atoms with Crippen molar-refractivity contribution >= 4 is 23.2 Å². The van der Waals surface area contributed by atoms with Gasteiger partial charge in [0.2, 0.25) is 0 Å². The van der Waals surface area contributed by atoms with Gasteiger partial charge >= 0.3 is 0 Å². The Morgan fingerprint density at radius 1 is 1.14 bits per heavy atom. The van der Waals surface area contributed by atoms with Crippen molar-refractivity contribution in [2.75, 3.05) is 5.32 Å². The zero-order valence-corrected chi connectivity index (χ0v) is 11.7. The van der Waals surface area contributed by atoms with Crippen molar-refractivity contribution in [1.82, 2.24) is 14.8 Å². The molecular formula is C15H11ClN4O.